The number of thiophene rings is 1. The molecule has 130 valence electrons. The summed E-state index contributed by atoms with van der Waals surface area (Å²) in [7, 11) is -3.36. The van der Waals surface area contributed by atoms with Gasteiger partial charge in [-0.2, -0.15) is 0 Å². The van der Waals surface area contributed by atoms with Crippen molar-refractivity contribution in [1.29, 1.82) is 0 Å². The molecule has 1 fully saturated rings. The van der Waals surface area contributed by atoms with Crippen molar-refractivity contribution in [2.45, 2.75) is 30.9 Å². The highest BCUT2D eigenvalue weighted by atomic mass is 32.2. The third-order valence-corrected chi connectivity index (χ3v) is 7.02. The first kappa shape index (κ1) is 17.6. The Hall–Kier alpha value is -1.21. The standard InChI is InChI=1S/C18H23NO3S2/c1-15-4-6-16(7-5-15)13-24(20,21)19-14-18(8-10-22-11-9-18)17-3-2-12-23-17/h2-7,12,19H,8-11,13-14H2,1H3. The summed E-state index contributed by atoms with van der Waals surface area (Å²) in [5, 5.41) is 2.05. The van der Waals surface area contributed by atoms with Crippen molar-refractivity contribution >= 4 is 21.4 Å². The third-order valence-electron chi connectivity index (χ3n) is 4.60. The molecule has 0 unspecified atom stereocenters. The number of hydrogen-bond acceptors (Lipinski definition) is 4. The van der Waals surface area contributed by atoms with Crippen molar-refractivity contribution in [2.24, 2.45) is 0 Å². The van der Waals surface area contributed by atoms with E-state index in [1.165, 1.54) is 4.88 Å². The van der Waals surface area contributed by atoms with Gasteiger partial charge in [0.2, 0.25) is 10.0 Å². The van der Waals surface area contributed by atoms with Crippen LogP contribution in [0.4, 0.5) is 0 Å². The van der Waals surface area contributed by atoms with Crippen LogP contribution >= 0.6 is 11.3 Å². The van der Waals surface area contributed by atoms with Crippen LogP contribution in [0.15, 0.2) is 41.8 Å². The van der Waals surface area contributed by atoms with Gasteiger partial charge in [0.05, 0.1) is 5.75 Å². The first-order chi connectivity index (χ1) is 11.5. The lowest BCUT2D eigenvalue weighted by atomic mass is 9.79. The van der Waals surface area contributed by atoms with E-state index in [9.17, 15) is 8.42 Å². The van der Waals surface area contributed by atoms with Crippen LogP contribution in [0, 0.1) is 6.92 Å². The van der Waals surface area contributed by atoms with Crippen molar-refractivity contribution in [3.05, 3.63) is 57.8 Å². The molecule has 0 atom stereocenters. The van der Waals surface area contributed by atoms with E-state index in [1.807, 2.05) is 42.6 Å². The Morgan fingerprint density at radius 2 is 1.88 bits per heavy atom. The van der Waals surface area contributed by atoms with Gasteiger partial charge >= 0.3 is 0 Å². The van der Waals surface area contributed by atoms with E-state index in [-0.39, 0.29) is 11.2 Å². The number of aryl methyl sites for hydroxylation is 1. The molecule has 0 amide bonds. The fourth-order valence-electron chi connectivity index (χ4n) is 3.06. The highest BCUT2D eigenvalue weighted by molar-refractivity contribution is 7.88. The zero-order chi connectivity index (χ0) is 17.0. The number of ether oxygens (including phenoxy) is 1. The molecule has 0 bridgehead atoms. The molecule has 1 N–H and O–H groups in total. The number of rotatable bonds is 6. The van der Waals surface area contributed by atoms with Crippen molar-refractivity contribution in [3.8, 4) is 0 Å². The van der Waals surface area contributed by atoms with E-state index < -0.39 is 10.0 Å². The van der Waals surface area contributed by atoms with E-state index in [4.69, 9.17) is 4.74 Å². The summed E-state index contributed by atoms with van der Waals surface area (Å²) in [6.45, 7) is 3.78. The minimum atomic E-state index is -3.36. The fourth-order valence-corrected chi connectivity index (χ4v) is 5.27. The highest BCUT2D eigenvalue weighted by Crippen LogP contribution is 2.37. The second kappa shape index (κ2) is 7.35. The smallest absolute Gasteiger partial charge is 0.215 e. The Morgan fingerprint density at radius 3 is 2.50 bits per heavy atom. The molecule has 0 saturated carbocycles. The average Bonchev–Trinajstić information content (AvgIpc) is 3.11. The van der Waals surface area contributed by atoms with Gasteiger partial charge in [0.1, 0.15) is 0 Å². The van der Waals surface area contributed by atoms with Gasteiger partial charge in [0.15, 0.2) is 0 Å². The molecule has 1 aromatic carbocycles. The summed E-state index contributed by atoms with van der Waals surface area (Å²) in [6.07, 6.45) is 1.70. The lowest BCUT2D eigenvalue weighted by molar-refractivity contribution is 0.0529. The molecule has 0 aliphatic carbocycles. The van der Waals surface area contributed by atoms with Gasteiger partial charge in [0, 0.05) is 30.1 Å². The Bertz CT molecular complexity index is 746. The molecule has 1 saturated heterocycles. The zero-order valence-corrected chi connectivity index (χ0v) is 15.5. The topological polar surface area (TPSA) is 55.4 Å². The molecule has 1 aliphatic heterocycles. The molecule has 6 heteroatoms. The summed E-state index contributed by atoms with van der Waals surface area (Å²) < 4.78 is 33.3. The van der Waals surface area contributed by atoms with Crippen LogP contribution in [-0.2, 0) is 25.9 Å². The van der Waals surface area contributed by atoms with Crippen molar-refractivity contribution in [3.63, 3.8) is 0 Å². The summed E-state index contributed by atoms with van der Waals surface area (Å²) in [5.41, 5.74) is 1.79. The first-order valence-electron chi connectivity index (χ1n) is 8.14. The molecule has 3 rings (SSSR count). The number of sulfonamides is 1. The molecule has 1 aliphatic rings. The molecule has 2 aromatic rings. The van der Waals surface area contributed by atoms with E-state index >= 15 is 0 Å². The summed E-state index contributed by atoms with van der Waals surface area (Å²) in [6, 6.07) is 11.8. The molecule has 24 heavy (non-hydrogen) atoms. The van der Waals surface area contributed by atoms with Gasteiger partial charge in [-0.3, -0.25) is 0 Å². The van der Waals surface area contributed by atoms with Gasteiger partial charge in [-0.15, -0.1) is 11.3 Å². The SMILES string of the molecule is Cc1ccc(CS(=O)(=O)NCC2(c3cccs3)CCOCC2)cc1. The molecule has 1 aromatic heterocycles. The molecule has 4 nitrogen and oxygen atoms in total. The van der Waals surface area contributed by atoms with E-state index in [2.05, 4.69) is 10.8 Å². The summed E-state index contributed by atoms with van der Waals surface area (Å²) in [5.74, 6) is 0.0182. The Morgan fingerprint density at radius 1 is 1.17 bits per heavy atom. The predicted octanol–water partition coefficient (Wildman–Crippen LogP) is 3.22. The largest absolute Gasteiger partial charge is 0.381 e. The van der Waals surface area contributed by atoms with Gasteiger partial charge in [0.25, 0.3) is 0 Å². The van der Waals surface area contributed by atoms with Gasteiger partial charge in [-0.25, -0.2) is 13.1 Å². The first-order valence-corrected chi connectivity index (χ1v) is 10.7. The molecule has 2 heterocycles. The zero-order valence-electron chi connectivity index (χ0n) is 13.8. The van der Waals surface area contributed by atoms with E-state index in [0.717, 1.165) is 24.0 Å². The lowest BCUT2D eigenvalue weighted by Crippen LogP contribution is -2.44. The lowest BCUT2D eigenvalue weighted by Gasteiger charge is -2.36. The fraction of sp³-hybridized carbons (Fsp3) is 0.444. The van der Waals surface area contributed by atoms with Crippen LogP contribution in [0.1, 0.15) is 28.8 Å². The number of nitrogens with one attached hydrogen (secondary N) is 1. The minimum absolute atomic E-state index is 0.0182. The maximum Gasteiger partial charge on any atom is 0.215 e. The van der Waals surface area contributed by atoms with Crippen LogP contribution in [0.5, 0.6) is 0 Å². The van der Waals surface area contributed by atoms with Crippen LogP contribution < -0.4 is 4.72 Å². The normalized spacial score (nSPS) is 17.7. The van der Waals surface area contributed by atoms with Crippen LogP contribution in [-0.4, -0.2) is 28.2 Å². The molecular formula is C18H23NO3S2. The third kappa shape index (κ3) is 4.25. The van der Waals surface area contributed by atoms with Gasteiger partial charge in [-0.1, -0.05) is 35.9 Å². The minimum Gasteiger partial charge on any atom is -0.381 e. The molecular weight excluding hydrogens is 342 g/mol. The second-order valence-corrected chi connectivity index (χ2v) is 9.19. The van der Waals surface area contributed by atoms with Crippen LogP contribution in [0.2, 0.25) is 0 Å². The monoisotopic (exact) mass is 365 g/mol. The maximum absolute atomic E-state index is 12.5. The van der Waals surface area contributed by atoms with Crippen molar-refractivity contribution in [2.75, 3.05) is 19.8 Å². The van der Waals surface area contributed by atoms with Crippen molar-refractivity contribution in [1.82, 2.24) is 4.72 Å². The van der Waals surface area contributed by atoms with E-state index in [0.29, 0.717) is 19.8 Å². The van der Waals surface area contributed by atoms with Crippen molar-refractivity contribution < 1.29 is 13.2 Å². The quantitative estimate of drug-likeness (QED) is 0.855. The number of benzene rings is 1. The Balaban J connectivity index is 1.70. The number of hydrogen-bond donors (Lipinski definition) is 1. The summed E-state index contributed by atoms with van der Waals surface area (Å²) in [4.78, 5) is 1.24. The van der Waals surface area contributed by atoms with Crippen LogP contribution in [0.25, 0.3) is 0 Å². The molecule has 0 spiro atoms. The Kier molecular flexibility index (Phi) is 5.39. The van der Waals surface area contributed by atoms with Gasteiger partial charge < -0.3 is 4.74 Å². The average molecular weight is 366 g/mol. The summed E-state index contributed by atoms with van der Waals surface area (Å²) >= 11 is 1.69. The maximum atomic E-state index is 12.5. The van der Waals surface area contributed by atoms with Gasteiger partial charge in [-0.05, 0) is 36.8 Å². The Labute approximate surface area is 147 Å². The van der Waals surface area contributed by atoms with E-state index in [1.54, 1.807) is 11.3 Å². The van der Waals surface area contributed by atoms with Crippen LogP contribution in [0.3, 0.4) is 0 Å². The highest BCUT2D eigenvalue weighted by Gasteiger charge is 2.36. The second-order valence-electron chi connectivity index (χ2n) is 6.44. The predicted molar refractivity (Wildman–Crippen MR) is 97.9 cm³/mol. The molecule has 0 radical (unpaired) electrons.